The summed E-state index contributed by atoms with van der Waals surface area (Å²) in [5, 5.41) is 3.02. The van der Waals surface area contributed by atoms with Gasteiger partial charge in [0.05, 0.1) is 45.1 Å². The predicted octanol–water partition coefficient (Wildman–Crippen LogP) is 2.44. The quantitative estimate of drug-likeness (QED) is 0.699. The molecule has 1 saturated heterocycles. The molecule has 0 atom stereocenters. The van der Waals surface area contributed by atoms with Gasteiger partial charge in [-0.15, -0.1) is 0 Å². The van der Waals surface area contributed by atoms with Gasteiger partial charge in [-0.1, -0.05) is 17.7 Å². The first kappa shape index (κ1) is 22.0. The van der Waals surface area contributed by atoms with Gasteiger partial charge in [-0.2, -0.15) is 0 Å². The third kappa shape index (κ3) is 5.66. The Hall–Kier alpha value is -2.73. The number of quaternary nitrogens is 1. The molecule has 2 aromatic carbocycles. The van der Waals surface area contributed by atoms with E-state index >= 15 is 0 Å². The summed E-state index contributed by atoms with van der Waals surface area (Å²) in [5.74, 6) is 1.40. The number of hydrogen-bond acceptors (Lipinski definition) is 4. The van der Waals surface area contributed by atoms with Crippen molar-refractivity contribution in [1.29, 1.82) is 0 Å². The molecule has 0 spiro atoms. The number of aryl methyl sites for hydroxylation is 2. The average molecular weight is 413 g/mol. The molecule has 0 saturated carbocycles. The van der Waals surface area contributed by atoms with Crippen molar-refractivity contribution in [1.82, 2.24) is 0 Å². The van der Waals surface area contributed by atoms with Crippen molar-refractivity contribution >= 4 is 17.3 Å². The van der Waals surface area contributed by atoms with Crippen LogP contribution in [0.5, 0.6) is 11.5 Å². The third-order valence-corrected chi connectivity index (χ3v) is 5.41. The van der Waals surface area contributed by atoms with E-state index < -0.39 is 0 Å². The molecule has 6 nitrogen and oxygen atoms in total. The van der Waals surface area contributed by atoms with Gasteiger partial charge in [0, 0.05) is 11.8 Å². The van der Waals surface area contributed by atoms with E-state index in [1.165, 1.54) is 21.7 Å². The molecule has 0 aromatic heterocycles. The van der Waals surface area contributed by atoms with E-state index in [4.69, 9.17) is 9.47 Å². The summed E-state index contributed by atoms with van der Waals surface area (Å²) in [6, 6.07) is 12.2. The summed E-state index contributed by atoms with van der Waals surface area (Å²) in [6.45, 7) is 13.5. The van der Waals surface area contributed by atoms with E-state index in [9.17, 15) is 4.79 Å². The molecule has 30 heavy (non-hydrogen) atoms. The van der Waals surface area contributed by atoms with Crippen molar-refractivity contribution in [2.24, 2.45) is 0 Å². The van der Waals surface area contributed by atoms with Gasteiger partial charge in [0.1, 0.15) is 11.5 Å². The second kappa shape index (κ2) is 10.3. The first-order valence-electron chi connectivity index (χ1n) is 10.9. The van der Waals surface area contributed by atoms with Crippen LogP contribution in [-0.2, 0) is 4.79 Å². The molecule has 6 heteroatoms. The molecule has 1 amide bonds. The van der Waals surface area contributed by atoms with Crippen LogP contribution in [0.3, 0.4) is 0 Å². The summed E-state index contributed by atoms with van der Waals surface area (Å²) < 4.78 is 11.2. The van der Waals surface area contributed by atoms with Crippen LogP contribution in [0.15, 0.2) is 36.4 Å². The number of carbonyl (C=O) groups excluding carboxylic acids is 1. The molecule has 1 aliphatic rings. The number of hydrogen-bond donors (Lipinski definition) is 2. The lowest BCUT2D eigenvalue weighted by Crippen LogP contribution is -3.15. The largest absolute Gasteiger partial charge is 0.494 e. The van der Waals surface area contributed by atoms with Crippen molar-refractivity contribution in [2.45, 2.75) is 27.7 Å². The highest BCUT2D eigenvalue weighted by atomic mass is 16.5. The Morgan fingerprint density at radius 1 is 1.03 bits per heavy atom. The molecular formula is C24H34N3O3+. The number of benzene rings is 2. The Kier molecular flexibility index (Phi) is 7.57. The minimum atomic E-state index is -0.000400. The minimum Gasteiger partial charge on any atom is -0.494 e. The van der Waals surface area contributed by atoms with Gasteiger partial charge in [0.25, 0.3) is 5.91 Å². The fourth-order valence-corrected chi connectivity index (χ4v) is 3.97. The molecule has 1 heterocycles. The first-order chi connectivity index (χ1) is 14.5. The topological polar surface area (TPSA) is 55.2 Å². The van der Waals surface area contributed by atoms with Crippen molar-refractivity contribution < 1.29 is 19.2 Å². The van der Waals surface area contributed by atoms with Crippen molar-refractivity contribution in [3.8, 4) is 11.5 Å². The van der Waals surface area contributed by atoms with E-state index in [0.717, 1.165) is 31.9 Å². The Labute approximate surface area is 179 Å². The van der Waals surface area contributed by atoms with Crippen LogP contribution in [0.1, 0.15) is 25.0 Å². The second-order valence-electron chi connectivity index (χ2n) is 7.78. The molecular weight excluding hydrogens is 378 g/mol. The molecule has 2 N–H and O–H groups in total. The van der Waals surface area contributed by atoms with Crippen LogP contribution in [0, 0.1) is 13.8 Å². The van der Waals surface area contributed by atoms with Gasteiger partial charge in [-0.05, 0) is 51.5 Å². The minimum absolute atomic E-state index is 0.000400. The van der Waals surface area contributed by atoms with E-state index in [2.05, 4.69) is 42.3 Å². The second-order valence-corrected chi connectivity index (χ2v) is 7.78. The summed E-state index contributed by atoms with van der Waals surface area (Å²) in [5.41, 5.74) is 4.57. The lowest BCUT2D eigenvalue weighted by molar-refractivity contribution is -0.892. The number of ether oxygens (including phenoxy) is 2. The van der Waals surface area contributed by atoms with Gasteiger partial charge >= 0.3 is 0 Å². The lowest BCUT2D eigenvalue weighted by Gasteiger charge is -2.34. The van der Waals surface area contributed by atoms with Gasteiger partial charge in [0.2, 0.25) is 0 Å². The number of amides is 1. The highest BCUT2D eigenvalue weighted by Crippen LogP contribution is 2.29. The third-order valence-electron chi connectivity index (χ3n) is 5.41. The highest BCUT2D eigenvalue weighted by molar-refractivity contribution is 5.93. The fourth-order valence-electron chi connectivity index (χ4n) is 3.97. The lowest BCUT2D eigenvalue weighted by atomic mass is 10.1. The molecule has 1 fully saturated rings. The van der Waals surface area contributed by atoms with Gasteiger partial charge in [0.15, 0.2) is 6.54 Å². The number of rotatable bonds is 8. The van der Waals surface area contributed by atoms with E-state index in [0.29, 0.717) is 31.2 Å². The predicted molar refractivity (Wildman–Crippen MR) is 121 cm³/mol. The van der Waals surface area contributed by atoms with Gasteiger partial charge in [-0.25, -0.2) is 0 Å². The Morgan fingerprint density at radius 2 is 1.77 bits per heavy atom. The number of carbonyl (C=O) groups is 1. The van der Waals surface area contributed by atoms with Crippen molar-refractivity contribution in [3.05, 3.63) is 47.5 Å². The maximum atomic E-state index is 12.7. The SMILES string of the molecule is CCOc1ccc(OCC)c(NC(=O)C[NH+]2CCN(c3ccc(C)cc3C)CC2)c1. The van der Waals surface area contributed by atoms with Crippen molar-refractivity contribution in [3.63, 3.8) is 0 Å². The molecule has 3 rings (SSSR count). The maximum absolute atomic E-state index is 12.7. The van der Waals surface area contributed by atoms with Crippen LogP contribution in [-0.4, -0.2) is 51.8 Å². The highest BCUT2D eigenvalue weighted by Gasteiger charge is 2.23. The average Bonchev–Trinajstić information content (AvgIpc) is 2.71. The van der Waals surface area contributed by atoms with Crippen LogP contribution < -0.4 is 24.6 Å². The molecule has 0 unspecified atom stereocenters. The van der Waals surface area contributed by atoms with Gasteiger partial charge in [-0.3, -0.25) is 4.79 Å². The maximum Gasteiger partial charge on any atom is 0.279 e. The molecule has 2 aromatic rings. The monoisotopic (exact) mass is 412 g/mol. The summed E-state index contributed by atoms with van der Waals surface area (Å²) >= 11 is 0. The fraction of sp³-hybridized carbons (Fsp3) is 0.458. The van der Waals surface area contributed by atoms with E-state index in [1.807, 2.05) is 32.0 Å². The summed E-state index contributed by atoms with van der Waals surface area (Å²) in [7, 11) is 0. The Morgan fingerprint density at radius 3 is 2.43 bits per heavy atom. The standard InChI is InChI=1S/C24H33N3O3/c1-5-29-20-8-10-23(30-6-2)21(16-20)25-24(28)17-26-11-13-27(14-12-26)22-9-7-18(3)15-19(22)4/h7-10,15-16H,5-6,11-14,17H2,1-4H3,(H,25,28)/p+1. The van der Waals surface area contributed by atoms with Crippen molar-refractivity contribution in [2.75, 3.05) is 56.2 Å². The zero-order valence-corrected chi connectivity index (χ0v) is 18.6. The Bertz CT molecular complexity index is 861. The number of nitrogens with zero attached hydrogens (tertiary/aromatic N) is 1. The smallest absolute Gasteiger partial charge is 0.279 e. The van der Waals surface area contributed by atoms with Crippen LogP contribution in [0.25, 0.3) is 0 Å². The number of nitrogens with one attached hydrogen (secondary N) is 2. The molecule has 1 aliphatic heterocycles. The molecule has 0 bridgehead atoms. The van der Waals surface area contributed by atoms with Crippen LogP contribution in [0.2, 0.25) is 0 Å². The normalized spacial score (nSPS) is 14.5. The van der Waals surface area contributed by atoms with E-state index in [-0.39, 0.29) is 5.91 Å². The zero-order valence-electron chi connectivity index (χ0n) is 18.6. The molecule has 0 radical (unpaired) electrons. The first-order valence-corrected chi connectivity index (χ1v) is 10.9. The van der Waals surface area contributed by atoms with E-state index in [1.54, 1.807) is 0 Å². The van der Waals surface area contributed by atoms with Crippen LogP contribution >= 0.6 is 0 Å². The summed E-state index contributed by atoms with van der Waals surface area (Å²) in [6.07, 6.45) is 0. The number of piperazine rings is 1. The number of anilines is 2. The van der Waals surface area contributed by atoms with Gasteiger partial charge < -0.3 is 24.6 Å². The Balaban J connectivity index is 1.56. The summed E-state index contributed by atoms with van der Waals surface area (Å²) in [4.78, 5) is 16.4. The van der Waals surface area contributed by atoms with Crippen LogP contribution in [0.4, 0.5) is 11.4 Å². The molecule has 0 aliphatic carbocycles. The molecule has 162 valence electrons. The zero-order chi connectivity index (χ0) is 21.5.